The van der Waals surface area contributed by atoms with Gasteiger partial charge in [0.15, 0.2) is 0 Å². The predicted octanol–water partition coefficient (Wildman–Crippen LogP) is 1.84. The smallest absolute Gasteiger partial charge is 0.309 e. The summed E-state index contributed by atoms with van der Waals surface area (Å²) in [5, 5.41) is 0. The van der Waals surface area contributed by atoms with E-state index in [4.69, 9.17) is 4.74 Å². The van der Waals surface area contributed by atoms with E-state index >= 15 is 0 Å². The van der Waals surface area contributed by atoms with Crippen molar-refractivity contribution in [2.45, 2.75) is 13.0 Å². The third-order valence-corrected chi connectivity index (χ3v) is 1.47. The molecular formula is C10H10FNO2. The van der Waals surface area contributed by atoms with Crippen molar-refractivity contribution >= 4 is 5.97 Å². The van der Waals surface area contributed by atoms with Crippen LogP contribution in [0.4, 0.5) is 4.39 Å². The quantitative estimate of drug-likeness (QED) is 0.543. The molecule has 1 rings (SSSR count). The fourth-order valence-corrected chi connectivity index (χ4v) is 0.875. The van der Waals surface area contributed by atoms with Crippen molar-refractivity contribution in [3.8, 4) is 0 Å². The summed E-state index contributed by atoms with van der Waals surface area (Å²) in [5.74, 6) is -0.827. The Morgan fingerprint density at radius 3 is 3.07 bits per heavy atom. The van der Waals surface area contributed by atoms with Gasteiger partial charge in [-0.15, -0.1) is 6.58 Å². The summed E-state index contributed by atoms with van der Waals surface area (Å²) >= 11 is 0. The predicted molar refractivity (Wildman–Crippen MR) is 48.8 cm³/mol. The molecule has 0 amide bonds. The van der Waals surface area contributed by atoms with E-state index < -0.39 is 5.82 Å². The maximum Gasteiger partial charge on any atom is 0.309 e. The highest BCUT2D eigenvalue weighted by atomic mass is 19.1. The molecule has 1 aromatic heterocycles. The SMILES string of the molecule is C=CCC(=O)OCc1cncc(F)c1. The van der Waals surface area contributed by atoms with Crippen molar-refractivity contribution in [1.29, 1.82) is 0 Å². The largest absolute Gasteiger partial charge is 0.461 e. The van der Waals surface area contributed by atoms with Crippen molar-refractivity contribution in [3.05, 3.63) is 42.5 Å². The normalized spacial score (nSPS) is 9.50. The average Bonchev–Trinajstić information content (AvgIpc) is 2.15. The molecule has 3 nitrogen and oxygen atoms in total. The molecular weight excluding hydrogens is 185 g/mol. The van der Waals surface area contributed by atoms with Crippen molar-refractivity contribution in [2.24, 2.45) is 0 Å². The molecule has 0 saturated carbocycles. The lowest BCUT2D eigenvalue weighted by molar-refractivity contribution is -0.143. The highest BCUT2D eigenvalue weighted by Gasteiger charge is 2.01. The molecule has 0 unspecified atom stereocenters. The van der Waals surface area contributed by atoms with Crippen molar-refractivity contribution in [1.82, 2.24) is 4.98 Å². The van der Waals surface area contributed by atoms with Crippen LogP contribution in [-0.4, -0.2) is 11.0 Å². The number of halogens is 1. The summed E-state index contributed by atoms with van der Waals surface area (Å²) in [5.41, 5.74) is 0.530. The van der Waals surface area contributed by atoms with Crippen molar-refractivity contribution in [3.63, 3.8) is 0 Å². The summed E-state index contributed by atoms with van der Waals surface area (Å²) in [6, 6.07) is 1.27. The van der Waals surface area contributed by atoms with Gasteiger partial charge in [0.2, 0.25) is 0 Å². The number of pyridine rings is 1. The number of carbonyl (C=O) groups excluding carboxylic acids is 1. The van der Waals surface area contributed by atoms with E-state index in [1.54, 1.807) is 0 Å². The fourth-order valence-electron chi connectivity index (χ4n) is 0.875. The summed E-state index contributed by atoms with van der Waals surface area (Å²) in [4.78, 5) is 14.5. The van der Waals surface area contributed by atoms with E-state index in [2.05, 4.69) is 11.6 Å². The van der Waals surface area contributed by atoms with Gasteiger partial charge in [-0.25, -0.2) is 4.39 Å². The first-order valence-electron chi connectivity index (χ1n) is 4.08. The molecule has 0 saturated heterocycles. The van der Waals surface area contributed by atoms with Gasteiger partial charge >= 0.3 is 5.97 Å². The standard InChI is InChI=1S/C10H10FNO2/c1-2-3-10(13)14-7-8-4-9(11)6-12-5-8/h2,4-6H,1,3,7H2. The summed E-state index contributed by atoms with van der Waals surface area (Å²) in [6.45, 7) is 3.44. The maximum absolute atomic E-state index is 12.6. The van der Waals surface area contributed by atoms with Gasteiger partial charge in [0, 0.05) is 11.8 Å². The van der Waals surface area contributed by atoms with Crippen LogP contribution in [0.1, 0.15) is 12.0 Å². The van der Waals surface area contributed by atoms with Gasteiger partial charge in [0.25, 0.3) is 0 Å². The molecule has 0 N–H and O–H groups in total. The van der Waals surface area contributed by atoms with Gasteiger partial charge < -0.3 is 4.74 Å². The second-order valence-corrected chi connectivity index (χ2v) is 2.66. The summed E-state index contributed by atoms with van der Waals surface area (Å²) < 4.78 is 17.4. The lowest BCUT2D eigenvalue weighted by atomic mass is 10.3. The number of rotatable bonds is 4. The molecule has 0 aliphatic carbocycles. The second kappa shape index (κ2) is 5.11. The van der Waals surface area contributed by atoms with Crippen LogP contribution in [0.25, 0.3) is 0 Å². The topological polar surface area (TPSA) is 39.2 Å². The monoisotopic (exact) mass is 195 g/mol. The van der Waals surface area contributed by atoms with Crippen LogP contribution in [0.15, 0.2) is 31.1 Å². The van der Waals surface area contributed by atoms with Crippen LogP contribution in [0.5, 0.6) is 0 Å². The Bertz CT molecular complexity index is 339. The summed E-state index contributed by atoms with van der Waals surface area (Å²) in [7, 11) is 0. The lowest BCUT2D eigenvalue weighted by Gasteiger charge is -2.02. The van der Waals surface area contributed by atoms with Gasteiger partial charge in [-0.3, -0.25) is 9.78 Å². The van der Waals surface area contributed by atoms with Crippen LogP contribution in [0, 0.1) is 5.82 Å². The highest BCUT2D eigenvalue weighted by molar-refractivity contribution is 5.70. The van der Waals surface area contributed by atoms with Gasteiger partial charge in [-0.05, 0) is 6.07 Å². The Balaban J connectivity index is 2.45. The van der Waals surface area contributed by atoms with Crippen LogP contribution in [0.3, 0.4) is 0 Å². The number of hydrogen-bond acceptors (Lipinski definition) is 3. The zero-order chi connectivity index (χ0) is 10.4. The Labute approximate surface area is 81.2 Å². The lowest BCUT2D eigenvalue weighted by Crippen LogP contribution is -2.03. The Hall–Kier alpha value is -1.71. The molecule has 0 spiro atoms. The first kappa shape index (κ1) is 10.4. The first-order valence-corrected chi connectivity index (χ1v) is 4.08. The van der Waals surface area contributed by atoms with E-state index in [-0.39, 0.29) is 19.0 Å². The van der Waals surface area contributed by atoms with E-state index in [0.717, 1.165) is 6.20 Å². The Kier molecular flexibility index (Phi) is 3.79. The average molecular weight is 195 g/mol. The molecule has 0 aromatic carbocycles. The molecule has 14 heavy (non-hydrogen) atoms. The molecule has 0 bridgehead atoms. The van der Waals surface area contributed by atoms with Crippen LogP contribution in [0.2, 0.25) is 0 Å². The molecule has 0 aliphatic heterocycles. The third-order valence-electron chi connectivity index (χ3n) is 1.47. The van der Waals surface area contributed by atoms with Crippen LogP contribution >= 0.6 is 0 Å². The minimum atomic E-state index is -0.442. The number of aromatic nitrogens is 1. The molecule has 0 fully saturated rings. The Morgan fingerprint density at radius 2 is 2.43 bits per heavy atom. The van der Waals surface area contributed by atoms with Gasteiger partial charge in [0.05, 0.1) is 12.6 Å². The number of hydrogen-bond donors (Lipinski definition) is 0. The minimum absolute atomic E-state index is 0.0391. The van der Waals surface area contributed by atoms with E-state index in [1.807, 2.05) is 0 Å². The molecule has 74 valence electrons. The first-order chi connectivity index (χ1) is 6.72. The number of esters is 1. The molecule has 4 heteroatoms. The van der Waals surface area contributed by atoms with E-state index in [1.165, 1.54) is 18.3 Å². The van der Waals surface area contributed by atoms with Crippen molar-refractivity contribution < 1.29 is 13.9 Å². The zero-order valence-electron chi connectivity index (χ0n) is 7.57. The van der Waals surface area contributed by atoms with Gasteiger partial charge in [-0.2, -0.15) is 0 Å². The fraction of sp³-hybridized carbons (Fsp3) is 0.200. The number of ether oxygens (including phenoxy) is 1. The van der Waals surface area contributed by atoms with E-state index in [9.17, 15) is 9.18 Å². The molecule has 0 atom stereocenters. The summed E-state index contributed by atoms with van der Waals surface area (Å²) in [6.07, 6.45) is 4.15. The highest BCUT2D eigenvalue weighted by Crippen LogP contribution is 2.03. The minimum Gasteiger partial charge on any atom is -0.461 e. The van der Waals surface area contributed by atoms with Gasteiger partial charge in [-0.1, -0.05) is 6.08 Å². The molecule has 1 aromatic rings. The van der Waals surface area contributed by atoms with Crippen LogP contribution < -0.4 is 0 Å². The third kappa shape index (κ3) is 3.35. The molecule has 0 radical (unpaired) electrons. The number of carbonyl (C=O) groups is 1. The maximum atomic E-state index is 12.6. The zero-order valence-corrected chi connectivity index (χ0v) is 7.57. The van der Waals surface area contributed by atoms with Crippen molar-refractivity contribution in [2.75, 3.05) is 0 Å². The Morgan fingerprint density at radius 1 is 1.64 bits per heavy atom. The second-order valence-electron chi connectivity index (χ2n) is 2.66. The number of nitrogens with zero attached hydrogens (tertiary/aromatic N) is 1. The van der Waals surface area contributed by atoms with Crippen LogP contribution in [-0.2, 0) is 16.1 Å². The molecule has 1 heterocycles. The molecule has 0 aliphatic rings. The van der Waals surface area contributed by atoms with Gasteiger partial charge in [0.1, 0.15) is 12.4 Å². The van der Waals surface area contributed by atoms with E-state index in [0.29, 0.717) is 5.56 Å².